The highest BCUT2D eigenvalue weighted by Crippen LogP contribution is 2.12. The third kappa shape index (κ3) is 2.57. The van der Waals surface area contributed by atoms with Crippen molar-refractivity contribution in [2.24, 2.45) is 0 Å². The molecule has 1 aromatic rings. The first kappa shape index (κ1) is 12.3. The van der Waals surface area contributed by atoms with Crippen molar-refractivity contribution in [2.75, 3.05) is 0 Å². The second-order valence-corrected chi connectivity index (χ2v) is 3.95. The van der Waals surface area contributed by atoms with Gasteiger partial charge in [0.1, 0.15) is 11.3 Å². The van der Waals surface area contributed by atoms with Crippen LogP contribution in [0.3, 0.4) is 0 Å². The van der Waals surface area contributed by atoms with E-state index in [2.05, 4.69) is 10.6 Å². The molecule has 1 saturated heterocycles. The SMILES string of the molecule is O=C1CCC(NCc2occc2C(=O)O)C(=O)N1. The van der Waals surface area contributed by atoms with Crippen LogP contribution in [-0.2, 0) is 16.1 Å². The van der Waals surface area contributed by atoms with Crippen LogP contribution >= 0.6 is 0 Å². The molecule has 2 amide bonds. The Hall–Kier alpha value is -2.15. The van der Waals surface area contributed by atoms with Crippen LogP contribution in [0.4, 0.5) is 0 Å². The molecule has 1 fully saturated rings. The first-order chi connectivity index (χ1) is 8.58. The fraction of sp³-hybridized carbons (Fsp3) is 0.364. The number of carbonyl (C=O) groups excluding carboxylic acids is 2. The molecule has 0 aromatic carbocycles. The Morgan fingerprint density at radius 2 is 2.33 bits per heavy atom. The van der Waals surface area contributed by atoms with Crippen LogP contribution in [-0.4, -0.2) is 28.9 Å². The summed E-state index contributed by atoms with van der Waals surface area (Å²) in [4.78, 5) is 33.2. The van der Waals surface area contributed by atoms with Crippen LogP contribution in [0.2, 0.25) is 0 Å². The molecule has 0 radical (unpaired) electrons. The number of imide groups is 1. The van der Waals surface area contributed by atoms with Gasteiger partial charge in [-0.3, -0.25) is 20.2 Å². The summed E-state index contributed by atoms with van der Waals surface area (Å²) >= 11 is 0. The molecule has 1 unspecified atom stereocenters. The highest BCUT2D eigenvalue weighted by atomic mass is 16.4. The topological polar surface area (TPSA) is 109 Å². The molecule has 18 heavy (non-hydrogen) atoms. The summed E-state index contributed by atoms with van der Waals surface area (Å²) in [7, 11) is 0. The molecular weight excluding hydrogens is 240 g/mol. The molecule has 0 aliphatic carbocycles. The number of amides is 2. The summed E-state index contributed by atoms with van der Waals surface area (Å²) < 4.78 is 5.03. The lowest BCUT2D eigenvalue weighted by molar-refractivity contribution is -0.134. The smallest absolute Gasteiger partial charge is 0.339 e. The maximum Gasteiger partial charge on any atom is 0.339 e. The highest BCUT2D eigenvalue weighted by molar-refractivity contribution is 6.00. The fourth-order valence-corrected chi connectivity index (χ4v) is 1.77. The average Bonchev–Trinajstić information content (AvgIpc) is 2.76. The molecule has 7 nitrogen and oxygen atoms in total. The number of carboxylic acid groups (broad SMARTS) is 1. The van der Waals surface area contributed by atoms with E-state index in [-0.39, 0.29) is 30.2 Å². The van der Waals surface area contributed by atoms with Gasteiger partial charge in [0.15, 0.2) is 0 Å². The van der Waals surface area contributed by atoms with E-state index in [1.54, 1.807) is 0 Å². The van der Waals surface area contributed by atoms with E-state index in [1.165, 1.54) is 12.3 Å². The van der Waals surface area contributed by atoms with Gasteiger partial charge >= 0.3 is 5.97 Å². The molecule has 0 bridgehead atoms. The molecule has 1 atom stereocenters. The van der Waals surface area contributed by atoms with Gasteiger partial charge < -0.3 is 9.52 Å². The minimum atomic E-state index is -1.08. The van der Waals surface area contributed by atoms with E-state index < -0.39 is 17.9 Å². The Morgan fingerprint density at radius 3 is 3.00 bits per heavy atom. The zero-order valence-corrected chi connectivity index (χ0v) is 9.43. The Kier molecular flexibility index (Phi) is 3.42. The molecule has 3 N–H and O–H groups in total. The van der Waals surface area contributed by atoms with Crippen molar-refractivity contribution in [3.05, 3.63) is 23.7 Å². The van der Waals surface area contributed by atoms with Gasteiger partial charge in [-0.2, -0.15) is 0 Å². The molecular formula is C11H12N2O5. The van der Waals surface area contributed by atoms with E-state index in [9.17, 15) is 14.4 Å². The van der Waals surface area contributed by atoms with E-state index in [1.807, 2.05) is 0 Å². The number of nitrogens with one attached hydrogen (secondary N) is 2. The normalized spacial score (nSPS) is 19.7. The van der Waals surface area contributed by atoms with Crippen LogP contribution < -0.4 is 10.6 Å². The van der Waals surface area contributed by atoms with E-state index in [0.717, 1.165) is 0 Å². The monoisotopic (exact) mass is 252 g/mol. The summed E-state index contributed by atoms with van der Waals surface area (Å²) in [5.41, 5.74) is 0.0646. The molecule has 1 aliphatic heterocycles. The second-order valence-electron chi connectivity index (χ2n) is 3.95. The molecule has 7 heteroatoms. The number of furan rings is 1. The van der Waals surface area contributed by atoms with Crippen molar-refractivity contribution in [3.63, 3.8) is 0 Å². The van der Waals surface area contributed by atoms with Gasteiger partial charge in [0.05, 0.1) is 18.8 Å². The Balaban J connectivity index is 1.95. The van der Waals surface area contributed by atoms with Gasteiger partial charge in [0.25, 0.3) is 0 Å². The largest absolute Gasteiger partial charge is 0.478 e. The highest BCUT2D eigenvalue weighted by Gasteiger charge is 2.26. The summed E-state index contributed by atoms with van der Waals surface area (Å²) in [6, 6.07) is 0.846. The standard InChI is InChI=1S/C11H12N2O5/c14-9-2-1-7(10(15)13-9)12-5-8-6(11(16)17)3-4-18-8/h3-4,7,12H,1-2,5H2,(H,16,17)(H,13,14,15). The molecule has 0 spiro atoms. The summed E-state index contributed by atoms with van der Waals surface area (Å²) in [5.74, 6) is -1.51. The van der Waals surface area contributed by atoms with Gasteiger partial charge in [0.2, 0.25) is 11.8 Å². The van der Waals surface area contributed by atoms with E-state index in [0.29, 0.717) is 6.42 Å². The van der Waals surface area contributed by atoms with E-state index in [4.69, 9.17) is 9.52 Å². The number of rotatable bonds is 4. The van der Waals surface area contributed by atoms with Gasteiger partial charge in [0, 0.05) is 6.42 Å². The number of aromatic carboxylic acids is 1. The molecule has 2 heterocycles. The summed E-state index contributed by atoms with van der Waals surface area (Å²) in [6.45, 7) is 0.126. The maximum atomic E-state index is 11.4. The maximum absolute atomic E-state index is 11.4. The number of carbonyl (C=O) groups is 3. The minimum absolute atomic E-state index is 0.0646. The number of piperidine rings is 1. The number of hydrogen-bond donors (Lipinski definition) is 3. The second kappa shape index (κ2) is 5.01. The minimum Gasteiger partial charge on any atom is -0.478 e. The molecule has 1 aromatic heterocycles. The zero-order chi connectivity index (χ0) is 13.1. The quantitative estimate of drug-likeness (QED) is 0.644. The number of hydrogen-bond acceptors (Lipinski definition) is 5. The lowest BCUT2D eigenvalue weighted by Gasteiger charge is -2.21. The molecule has 2 rings (SSSR count). The van der Waals surface area contributed by atoms with Gasteiger partial charge in [-0.05, 0) is 12.5 Å². The fourth-order valence-electron chi connectivity index (χ4n) is 1.77. The van der Waals surface area contributed by atoms with Crippen LogP contribution in [0.5, 0.6) is 0 Å². The van der Waals surface area contributed by atoms with Crippen molar-refractivity contribution in [2.45, 2.75) is 25.4 Å². The van der Waals surface area contributed by atoms with Crippen LogP contribution in [0.15, 0.2) is 16.7 Å². The Bertz CT molecular complexity index is 493. The van der Waals surface area contributed by atoms with Crippen molar-refractivity contribution in [1.82, 2.24) is 10.6 Å². The molecule has 0 saturated carbocycles. The molecule has 96 valence electrons. The average molecular weight is 252 g/mol. The first-order valence-corrected chi connectivity index (χ1v) is 5.44. The van der Waals surface area contributed by atoms with Crippen molar-refractivity contribution < 1.29 is 23.9 Å². The lowest BCUT2D eigenvalue weighted by atomic mass is 10.1. The van der Waals surface area contributed by atoms with Crippen LogP contribution in [0, 0.1) is 0 Å². The van der Waals surface area contributed by atoms with Crippen molar-refractivity contribution in [3.8, 4) is 0 Å². The van der Waals surface area contributed by atoms with Crippen LogP contribution in [0.1, 0.15) is 29.0 Å². The van der Waals surface area contributed by atoms with Crippen LogP contribution in [0.25, 0.3) is 0 Å². The van der Waals surface area contributed by atoms with Crippen molar-refractivity contribution >= 4 is 17.8 Å². The summed E-state index contributed by atoms with van der Waals surface area (Å²) in [5, 5.41) is 13.9. The number of carboxylic acids is 1. The Labute approximate surface area is 102 Å². The van der Waals surface area contributed by atoms with Crippen molar-refractivity contribution in [1.29, 1.82) is 0 Å². The zero-order valence-electron chi connectivity index (χ0n) is 9.43. The van der Waals surface area contributed by atoms with Gasteiger partial charge in [-0.1, -0.05) is 0 Å². The van der Waals surface area contributed by atoms with E-state index >= 15 is 0 Å². The lowest BCUT2D eigenvalue weighted by Crippen LogP contribution is -2.50. The summed E-state index contributed by atoms with van der Waals surface area (Å²) in [6.07, 6.45) is 1.95. The van der Waals surface area contributed by atoms with Gasteiger partial charge in [-0.15, -0.1) is 0 Å². The predicted molar refractivity (Wildman–Crippen MR) is 58.7 cm³/mol. The third-order valence-electron chi connectivity index (χ3n) is 2.72. The first-order valence-electron chi connectivity index (χ1n) is 5.44. The molecule has 1 aliphatic rings. The van der Waals surface area contributed by atoms with Gasteiger partial charge in [-0.25, -0.2) is 4.79 Å². The predicted octanol–water partition coefficient (Wildman–Crippen LogP) is -0.127. The Morgan fingerprint density at radius 1 is 1.56 bits per heavy atom. The third-order valence-corrected chi connectivity index (χ3v) is 2.72.